The van der Waals surface area contributed by atoms with Gasteiger partial charge in [-0.05, 0) is 42.0 Å². The number of aromatic nitrogens is 1. The Morgan fingerprint density at radius 1 is 1.11 bits per heavy atom. The SMILES string of the molecule is C=CC(C)c1cnc(-c2ccc(F)cc2)c(-c2ccccc2S(N)(=O)=O)c1. The van der Waals surface area contributed by atoms with Gasteiger partial charge in [-0.3, -0.25) is 4.98 Å². The zero-order valence-electron chi connectivity index (χ0n) is 14.8. The summed E-state index contributed by atoms with van der Waals surface area (Å²) in [4.78, 5) is 4.55. The van der Waals surface area contributed by atoms with Gasteiger partial charge in [0.1, 0.15) is 5.82 Å². The first-order valence-corrected chi connectivity index (χ1v) is 9.86. The summed E-state index contributed by atoms with van der Waals surface area (Å²) >= 11 is 0. The Morgan fingerprint density at radius 3 is 2.41 bits per heavy atom. The molecule has 3 aromatic rings. The van der Waals surface area contributed by atoms with Gasteiger partial charge >= 0.3 is 0 Å². The zero-order chi connectivity index (χ0) is 19.6. The number of nitrogens with two attached hydrogens (primary N) is 1. The van der Waals surface area contributed by atoms with Gasteiger partial charge in [-0.2, -0.15) is 0 Å². The van der Waals surface area contributed by atoms with Crippen LogP contribution in [0.3, 0.4) is 0 Å². The molecule has 1 unspecified atom stereocenters. The van der Waals surface area contributed by atoms with E-state index in [9.17, 15) is 12.8 Å². The predicted octanol–water partition coefficient (Wildman–Crippen LogP) is 4.49. The summed E-state index contributed by atoms with van der Waals surface area (Å²) in [6.07, 6.45) is 3.50. The second kappa shape index (κ2) is 7.42. The van der Waals surface area contributed by atoms with Crippen LogP contribution in [0.2, 0.25) is 0 Å². The minimum Gasteiger partial charge on any atom is -0.255 e. The Kier molecular flexibility index (Phi) is 5.21. The summed E-state index contributed by atoms with van der Waals surface area (Å²) in [5.74, 6) is -0.331. The van der Waals surface area contributed by atoms with Crippen molar-refractivity contribution in [2.75, 3.05) is 0 Å². The second-order valence-electron chi connectivity index (χ2n) is 6.24. The molecule has 138 valence electrons. The number of pyridine rings is 1. The van der Waals surface area contributed by atoms with Gasteiger partial charge in [0, 0.05) is 28.8 Å². The molecule has 1 aromatic heterocycles. The molecule has 0 saturated heterocycles. The maximum Gasteiger partial charge on any atom is 0.238 e. The van der Waals surface area contributed by atoms with Crippen molar-refractivity contribution >= 4 is 10.0 Å². The molecule has 0 saturated carbocycles. The van der Waals surface area contributed by atoms with Gasteiger partial charge in [-0.15, -0.1) is 6.58 Å². The molecule has 2 aromatic carbocycles. The molecule has 0 aliphatic carbocycles. The number of hydrogen-bond acceptors (Lipinski definition) is 3. The minimum absolute atomic E-state index is 0.0126. The molecule has 0 fully saturated rings. The van der Waals surface area contributed by atoms with Gasteiger partial charge in [0.15, 0.2) is 0 Å². The fourth-order valence-corrected chi connectivity index (χ4v) is 3.60. The van der Waals surface area contributed by atoms with Crippen molar-refractivity contribution in [1.29, 1.82) is 0 Å². The van der Waals surface area contributed by atoms with Crippen molar-refractivity contribution in [2.24, 2.45) is 5.14 Å². The molecule has 27 heavy (non-hydrogen) atoms. The Morgan fingerprint density at radius 2 is 1.78 bits per heavy atom. The average molecular weight is 382 g/mol. The van der Waals surface area contributed by atoms with E-state index in [-0.39, 0.29) is 16.6 Å². The maximum atomic E-state index is 13.3. The standard InChI is InChI=1S/C21H19FN2O2S/c1-3-14(2)16-12-19(18-6-4-5-7-20(18)27(23,25)26)21(24-13-16)15-8-10-17(22)11-9-15/h3-14H,1H2,2H3,(H2,23,25,26). The van der Waals surface area contributed by atoms with Gasteiger partial charge in [0.2, 0.25) is 10.0 Å². The molecule has 0 bridgehead atoms. The van der Waals surface area contributed by atoms with E-state index in [1.54, 1.807) is 42.6 Å². The second-order valence-corrected chi connectivity index (χ2v) is 7.77. The van der Waals surface area contributed by atoms with E-state index in [4.69, 9.17) is 5.14 Å². The van der Waals surface area contributed by atoms with E-state index in [1.807, 2.05) is 13.0 Å². The first-order valence-electron chi connectivity index (χ1n) is 8.32. The highest BCUT2D eigenvalue weighted by molar-refractivity contribution is 7.89. The van der Waals surface area contributed by atoms with Crippen molar-refractivity contribution in [1.82, 2.24) is 4.98 Å². The highest BCUT2D eigenvalue weighted by atomic mass is 32.2. The number of rotatable bonds is 5. The van der Waals surface area contributed by atoms with Crippen molar-refractivity contribution in [2.45, 2.75) is 17.7 Å². The zero-order valence-corrected chi connectivity index (χ0v) is 15.6. The van der Waals surface area contributed by atoms with Crippen molar-refractivity contribution in [3.63, 3.8) is 0 Å². The molecule has 0 aliphatic heterocycles. The van der Waals surface area contributed by atoms with Crippen LogP contribution in [-0.2, 0) is 10.0 Å². The molecule has 1 atom stereocenters. The number of primary sulfonamides is 1. The summed E-state index contributed by atoms with van der Waals surface area (Å²) in [7, 11) is -3.93. The van der Waals surface area contributed by atoms with E-state index in [1.165, 1.54) is 18.2 Å². The molecule has 0 aliphatic rings. The average Bonchev–Trinajstić information content (AvgIpc) is 2.67. The molecule has 0 spiro atoms. The molecule has 1 heterocycles. The Bertz CT molecular complexity index is 1090. The highest BCUT2D eigenvalue weighted by Gasteiger charge is 2.19. The molecule has 0 amide bonds. The van der Waals surface area contributed by atoms with Crippen LogP contribution in [0, 0.1) is 5.82 Å². The molecule has 3 rings (SSSR count). The van der Waals surface area contributed by atoms with E-state index in [0.717, 1.165) is 5.56 Å². The van der Waals surface area contributed by atoms with Gasteiger partial charge in [-0.1, -0.05) is 31.2 Å². The monoisotopic (exact) mass is 382 g/mol. The molecular weight excluding hydrogens is 363 g/mol. The first kappa shape index (κ1) is 18.9. The van der Waals surface area contributed by atoms with Crippen LogP contribution < -0.4 is 5.14 Å². The van der Waals surface area contributed by atoms with Crippen LogP contribution in [0.25, 0.3) is 22.4 Å². The lowest BCUT2D eigenvalue weighted by molar-refractivity contribution is 0.598. The largest absolute Gasteiger partial charge is 0.255 e. The number of benzene rings is 2. The predicted molar refractivity (Wildman–Crippen MR) is 105 cm³/mol. The normalized spacial score (nSPS) is 12.6. The quantitative estimate of drug-likeness (QED) is 0.661. The summed E-state index contributed by atoms with van der Waals surface area (Å²) in [5, 5.41) is 5.41. The van der Waals surface area contributed by atoms with Crippen LogP contribution in [0.1, 0.15) is 18.4 Å². The topological polar surface area (TPSA) is 73.0 Å². The highest BCUT2D eigenvalue weighted by Crippen LogP contribution is 2.36. The number of allylic oxidation sites excluding steroid dienone is 1. The lowest BCUT2D eigenvalue weighted by atomic mass is 9.94. The van der Waals surface area contributed by atoms with Crippen LogP contribution in [-0.4, -0.2) is 13.4 Å². The van der Waals surface area contributed by atoms with E-state index >= 15 is 0 Å². The fourth-order valence-electron chi connectivity index (χ4n) is 2.85. The lowest BCUT2D eigenvalue weighted by Gasteiger charge is -2.16. The lowest BCUT2D eigenvalue weighted by Crippen LogP contribution is -2.13. The Balaban J connectivity index is 2.32. The summed E-state index contributed by atoms with van der Waals surface area (Å²) in [6, 6.07) is 14.3. The Hall–Kier alpha value is -2.83. The first-order chi connectivity index (χ1) is 12.8. The summed E-state index contributed by atoms with van der Waals surface area (Å²) in [6.45, 7) is 5.77. The third-order valence-corrected chi connectivity index (χ3v) is 5.36. The fraction of sp³-hybridized carbons (Fsp3) is 0.0952. The molecular formula is C21H19FN2O2S. The van der Waals surface area contributed by atoms with Gasteiger partial charge < -0.3 is 0 Å². The van der Waals surface area contributed by atoms with Crippen LogP contribution >= 0.6 is 0 Å². The summed E-state index contributed by atoms with van der Waals surface area (Å²) in [5.41, 5.74) is 3.16. The van der Waals surface area contributed by atoms with Gasteiger partial charge in [-0.25, -0.2) is 17.9 Å². The summed E-state index contributed by atoms with van der Waals surface area (Å²) < 4.78 is 37.5. The molecule has 2 N–H and O–H groups in total. The van der Waals surface area contributed by atoms with Crippen LogP contribution in [0.4, 0.5) is 4.39 Å². The number of hydrogen-bond donors (Lipinski definition) is 1. The number of halogens is 1. The van der Waals surface area contributed by atoms with E-state index < -0.39 is 10.0 Å². The number of nitrogens with zero attached hydrogens (tertiary/aromatic N) is 1. The third kappa shape index (κ3) is 3.97. The number of sulfonamides is 1. The van der Waals surface area contributed by atoms with E-state index in [2.05, 4.69) is 11.6 Å². The van der Waals surface area contributed by atoms with Crippen LogP contribution in [0.5, 0.6) is 0 Å². The Labute approximate surface area is 158 Å². The molecule has 6 heteroatoms. The minimum atomic E-state index is -3.93. The third-order valence-electron chi connectivity index (χ3n) is 4.39. The van der Waals surface area contributed by atoms with Gasteiger partial charge in [0.05, 0.1) is 10.6 Å². The molecule has 0 radical (unpaired) electrons. The van der Waals surface area contributed by atoms with Crippen molar-refractivity contribution in [3.8, 4) is 22.4 Å². The van der Waals surface area contributed by atoms with Gasteiger partial charge in [0.25, 0.3) is 0 Å². The van der Waals surface area contributed by atoms with Crippen LogP contribution in [0.15, 0.2) is 78.3 Å². The smallest absolute Gasteiger partial charge is 0.238 e. The van der Waals surface area contributed by atoms with Crippen molar-refractivity contribution < 1.29 is 12.8 Å². The van der Waals surface area contributed by atoms with E-state index in [0.29, 0.717) is 22.4 Å². The van der Waals surface area contributed by atoms with Crippen molar-refractivity contribution in [3.05, 3.63) is 84.8 Å². The molecule has 4 nitrogen and oxygen atoms in total. The maximum absolute atomic E-state index is 13.3.